The van der Waals surface area contributed by atoms with Crippen LogP contribution in [0.2, 0.25) is 0 Å². The lowest BCUT2D eigenvalue weighted by Crippen LogP contribution is -2.38. The molecule has 1 aromatic rings. The SMILES string of the molecule is C=C(C)N=C(CC)N(NSC)c1ccccc1. The van der Waals surface area contributed by atoms with Crippen LogP contribution in [0.4, 0.5) is 5.69 Å². The van der Waals surface area contributed by atoms with Gasteiger partial charge in [0.1, 0.15) is 5.84 Å². The van der Waals surface area contributed by atoms with Crippen molar-refractivity contribution in [3.05, 3.63) is 42.6 Å². The van der Waals surface area contributed by atoms with Crippen LogP contribution in [-0.2, 0) is 0 Å². The standard InChI is InChI=1S/C13H19N3S/c1-5-13(14-11(2)3)16(15-17-4)12-9-7-6-8-10-12/h6-10,15H,2,5H2,1,3-4H3. The fraction of sp³-hybridized carbons (Fsp3) is 0.308. The molecule has 0 radical (unpaired) electrons. The summed E-state index contributed by atoms with van der Waals surface area (Å²) in [6.45, 7) is 7.81. The van der Waals surface area contributed by atoms with Crippen LogP contribution in [0.15, 0.2) is 47.6 Å². The Hall–Kier alpha value is -1.26. The average Bonchev–Trinajstić information content (AvgIpc) is 2.34. The number of hydrazine groups is 1. The highest BCUT2D eigenvalue weighted by atomic mass is 32.2. The zero-order chi connectivity index (χ0) is 12.7. The van der Waals surface area contributed by atoms with E-state index in [1.807, 2.05) is 48.5 Å². The fourth-order valence-electron chi connectivity index (χ4n) is 1.43. The van der Waals surface area contributed by atoms with E-state index in [-0.39, 0.29) is 0 Å². The second kappa shape index (κ2) is 7.14. The number of hydrogen-bond donors (Lipinski definition) is 1. The third-order valence-corrected chi connectivity index (χ3v) is 2.46. The maximum atomic E-state index is 4.46. The molecule has 17 heavy (non-hydrogen) atoms. The summed E-state index contributed by atoms with van der Waals surface area (Å²) in [6.07, 6.45) is 2.83. The van der Waals surface area contributed by atoms with Crippen LogP contribution in [-0.4, -0.2) is 12.1 Å². The molecule has 0 atom stereocenters. The van der Waals surface area contributed by atoms with Gasteiger partial charge in [-0.15, -0.1) is 0 Å². The number of aliphatic imine (C=N–C) groups is 1. The first-order chi connectivity index (χ1) is 8.19. The molecule has 1 N–H and O–H groups in total. The van der Waals surface area contributed by atoms with Crippen LogP contribution in [0.5, 0.6) is 0 Å². The lowest BCUT2D eigenvalue weighted by molar-refractivity contribution is 0.986. The van der Waals surface area contributed by atoms with Crippen molar-refractivity contribution in [1.29, 1.82) is 0 Å². The molecule has 92 valence electrons. The highest BCUT2D eigenvalue weighted by Crippen LogP contribution is 2.15. The van der Waals surface area contributed by atoms with Gasteiger partial charge in [0, 0.05) is 12.1 Å². The molecule has 0 saturated carbocycles. The largest absolute Gasteiger partial charge is 0.253 e. The van der Waals surface area contributed by atoms with E-state index in [2.05, 4.69) is 23.3 Å². The number of benzene rings is 1. The van der Waals surface area contributed by atoms with Crippen LogP contribution in [0.25, 0.3) is 0 Å². The molecule has 4 heteroatoms. The summed E-state index contributed by atoms with van der Waals surface area (Å²) < 4.78 is 0. The molecule has 0 saturated heterocycles. The van der Waals surface area contributed by atoms with Crippen molar-refractivity contribution in [3.8, 4) is 0 Å². The van der Waals surface area contributed by atoms with Gasteiger partial charge in [0.05, 0.1) is 5.69 Å². The Morgan fingerprint density at radius 3 is 2.53 bits per heavy atom. The summed E-state index contributed by atoms with van der Waals surface area (Å²) in [6, 6.07) is 10.1. The predicted octanol–water partition coefficient (Wildman–Crippen LogP) is 3.62. The topological polar surface area (TPSA) is 27.6 Å². The molecular formula is C13H19N3S. The van der Waals surface area contributed by atoms with Crippen LogP contribution < -0.4 is 9.84 Å². The summed E-state index contributed by atoms with van der Waals surface area (Å²) in [7, 11) is 0. The Balaban J connectivity index is 3.03. The molecule has 0 fully saturated rings. The van der Waals surface area contributed by atoms with Crippen LogP contribution in [0.3, 0.4) is 0 Å². The van der Waals surface area contributed by atoms with Crippen LogP contribution >= 0.6 is 11.9 Å². The van der Waals surface area contributed by atoms with E-state index in [0.29, 0.717) is 0 Å². The molecule has 1 aromatic carbocycles. The second-order valence-electron chi connectivity index (χ2n) is 3.58. The minimum Gasteiger partial charge on any atom is -0.253 e. The number of nitrogens with zero attached hydrogens (tertiary/aromatic N) is 2. The number of rotatable bonds is 5. The summed E-state index contributed by atoms with van der Waals surface area (Å²) in [4.78, 5) is 7.70. The number of para-hydroxylation sites is 1. The Morgan fingerprint density at radius 2 is 2.06 bits per heavy atom. The van der Waals surface area contributed by atoms with Crippen molar-refractivity contribution in [2.24, 2.45) is 4.99 Å². The third-order valence-electron chi connectivity index (χ3n) is 2.09. The molecule has 1 rings (SSSR count). The van der Waals surface area contributed by atoms with E-state index in [0.717, 1.165) is 23.6 Å². The van der Waals surface area contributed by atoms with E-state index < -0.39 is 0 Å². The first kappa shape index (κ1) is 13.8. The number of allylic oxidation sites excluding steroid dienone is 1. The smallest absolute Gasteiger partial charge is 0.124 e. The van der Waals surface area contributed by atoms with Crippen LogP contribution in [0, 0.1) is 0 Å². The zero-order valence-corrected chi connectivity index (χ0v) is 11.4. The van der Waals surface area contributed by atoms with E-state index >= 15 is 0 Å². The number of nitrogens with one attached hydrogen (secondary N) is 1. The first-order valence-corrected chi connectivity index (χ1v) is 6.78. The highest BCUT2D eigenvalue weighted by Gasteiger charge is 2.11. The van der Waals surface area contributed by atoms with Crippen molar-refractivity contribution in [3.63, 3.8) is 0 Å². The van der Waals surface area contributed by atoms with Gasteiger partial charge in [0.15, 0.2) is 0 Å². The molecule has 0 spiro atoms. The maximum absolute atomic E-state index is 4.46. The molecule has 0 aliphatic heterocycles. The molecule has 0 aromatic heterocycles. The molecule has 0 aliphatic rings. The van der Waals surface area contributed by atoms with Crippen molar-refractivity contribution in [2.75, 3.05) is 11.3 Å². The van der Waals surface area contributed by atoms with Gasteiger partial charge in [-0.05, 0) is 25.3 Å². The number of hydrogen-bond acceptors (Lipinski definition) is 3. The quantitative estimate of drug-likeness (QED) is 0.374. The van der Waals surface area contributed by atoms with Crippen molar-refractivity contribution < 1.29 is 0 Å². The molecule has 0 aliphatic carbocycles. The monoisotopic (exact) mass is 249 g/mol. The molecule has 0 unspecified atom stereocenters. The predicted molar refractivity (Wildman–Crippen MR) is 78.1 cm³/mol. The van der Waals surface area contributed by atoms with Crippen molar-refractivity contribution >= 4 is 23.5 Å². The lowest BCUT2D eigenvalue weighted by Gasteiger charge is -2.25. The Bertz CT molecular complexity index is 387. The Labute approximate surface area is 108 Å². The third kappa shape index (κ3) is 4.24. The summed E-state index contributed by atoms with van der Waals surface area (Å²) >= 11 is 1.54. The van der Waals surface area contributed by atoms with Gasteiger partial charge >= 0.3 is 0 Å². The molecule has 0 bridgehead atoms. The Kier molecular flexibility index (Phi) is 5.80. The van der Waals surface area contributed by atoms with E-state index in [1.165, 1.54) is 0 Å². The van der Waals surface area contributed by atoms with Gasteiger partial charge in [0.25, 0.3) is 0 Å². The normalized spacial score (nSPS) is 11.4. The van der Waals surface area contributed by atoms with E-state index in [4.69, 9.17) is 0 Å². The minimum atomic E-state index is 0.811. The zero-order valence-electron chi connectivity index (χ0n) is 10.6. The lowest BCUT2D eigenvalue weighted by atomic mass is 10.3. The van der Waals surface area contributed by atoms with Gasteiger partial charge in [-0.3, -0.25) is 5.01 Å². The molecular weight excluding hydrogens is 230 g/mol. The summed E-state index contributed by atoms with van der Waals surface area (Å²) in [5, 5.41) is 1.99. The van der Waals surface area contributed by atoms with Crippen molar-refractivity contribution in [1.82, 2.24) is 4.83 Å². The van der Waals surface area contributed by atoms with E-state index in [1.54, 1.807) is 11.9 Å². The van der Waals surface area contributed by atoms with Gasteiger partial charge in [-0.2, -0.15) is 4.83 Å². The minimum absolute atomic E-state index is 0.811. The number of anilines is 1. The number of amidine groups is 1. The van der Waals surface area contributed by atoms with Crippen molar-refractivity contribution in [2.45, 2.75) is 20.3 Å². The second-order valence-corrected chi connectivity index (χ2v) is 4.17. The van der Waals surface area contributed by atoms with Crippen LogP contribution in [0.1, 0.15) is 20.3 Å². The molecule has 0 amide bonds. The molecule has 0 heterocycles. The van der Waals surface area contributed by atoms with Gasteiger partial charge < -0.3 is 0 Å². The maximum Gasteiger partial charge on any atom is 0.124 e. The highest BCUT2D eigenvalue weighted by molar-refractivity contribution is 7.96. The van der Waals surface area contributed by atoms with E-state index in [9.17, 15) is 0 Å². The first-order valence-electron chi connectivity index (χ1n) is 5.56. The fourth-order valence-corrected chi connectivity index (χ4v) is 1.82. The van der Waals surface area contributed by atoms with Gasteiger partial charge in [0.2, 0.25) is 0 Å². The average molecular weight is 249 g/mol. The summed E-state index contributed by atoms with van der Waals surface area (Å²) in [5.74, 6) is 0.957. The Morgan fingerprint density at radius 1 is 1.41 bits per heavy atom. The van der Waals surface area contributed by atoms with Gasteiger partial charge in [-0.1, -0.05) is 43.6 Å². The van der Waals surface area contributed by atoms with Gasteiger partial charge in [-0.25, -0.2) is 4.99 Å². The summed E-state index contributed by atoms with van der Waals surface area (Å²) in [5.41, 5.74) is 1.88. The molecule has 3 nitrogen and oxygen atoms in total.